The molecule has 1 fully saturated rings. The van der Waals surface area contributed by atoms with Crippen molar-refractivity contribution in [3.05, 3.63) is 29.3 Å². The van der Waals surface area contributed by atoms with Gasteiger partial charge in [0.2, 0.25) is 0 Å². The van der Waals surface area contributed by atoms with E-state index in [0.29, 0.717) is 12.4 Å². The predicted molar refractivity (Wildman–Crippen MR) is 80.2 cm³/mol. The second-order valence-electron chi connectivity index (χ2n) is 5.11. The number of morpholine rings is 1. The SMILES string of the molecule is CCc1cccc(C(=O)O)c1OCCCN1CCOCC1. The van der Waals surface area contributed by atoms with Crippen LogP contribution in [0.25, 0.3) is 0 Å². The third-order valence-electron chi connectivity index (χ3n) is 3.68. The first-order valence-electron chi connectivity index (χ1n) is 7.50. The first kappa shape index (κ1) is 15.8. The Balaban J connectivity index is 1.88. The van der Waals surface area contributed by atoms with Crippen LogP contribution in [0.3, 0.4) is 0 Å². The van der Waals surface area contributed by atoms with Crippen LogP contribution in [-0.4, -0.2) is 55.4 Å². The number of ether oxygens (including phenoxy) is 2. The number of carbonyl (C=O) groups is 1. The number of nitrogens with zero attached hydrogens (tertiary/aromatic N) is 1. The molecule has 0 saturated carbocycles. The van der Waals surface area contributed by atoms with E-state index in [9.17, 15) is 9.90 Å². The number of aromatic carboxylic acids is 1. The van der Waals surface area contributed by atoms with Crippen LogP contribution >= 0.6 is 0 Å². The largest absolute Gasteiger partial charge is 0.492 e. The molecule has 1 aliphatic rings. The van der Waals surface area contributed by atoms with Crippen molar-refractivity contribution in [2.45, 2.75) is 19.8 Å². The van der Waals surface area contributed by atoms with Crippen LogP contribution in [0.4, 0.5) is 0 Å². The highest BCUT2D eigenvalue weighted by atomic mass is 16.5. The number of benzene rings is 1. The van der Waals surface area contributed by atoms with Crippen molar-refractivity contribution in [3.8, 4) is 5.75 Å². The van der Waals surface area contributed by atoms with Gasteiger partial charge in [-0.1, -0.05) is 19.1 Å². The van der Waals surface area contributed by atoms with Gasteiger partial charge < -0.3 is 14.6 Å². The Hall–Kier alpha value is -1.59. The fourth-order valence-corrected chi connectivity index (χ4v) is 2.49. The predicted octanol–water partition coefficient (Wildman–Crippen LogP) is 2.05. The Kier molecular flexibility index (Phi) is 6.02. The molecular formula is C16H23NO4. The Morgan fingerprint density at radius 1 is 1.38 bits per heavy atom. The van der Waals surface area contributed by atoms with Crippen LogP contribution in [-0.2, 0) is 11.2 Å². The van der Waals surface area contributed by atoms with E-state index < -0.39 is 5.97 Å². The van der Waals surface area contributed by atoms with Gasteiger partial charge in [-0.25, -0.2) is 4.79 Å². The van der Waals surface area contributed by atoms with E-state index in [-0.39, 0.29) is 5.56 Å². The molecule has 21 heavy (non-hydrogen) atoms. The number of para-hydroxylation sites is 1. The van der Waals surface area contributed by atoms with Crippen molar-refractivity contribution in [1.82, 2.24) is 4.90 Å². The van der Waals surface area contributed by atoms with Gasteiger partial charge in [0, 0.05) is 19.6 Å². The van der Waals surface area contributed by atoms with Crippen LogP contribution in [0.1, 0.15) is 29.3 Å². The topological polar surface area (TPSA) is 59.0 Å². The highest BCUT2D eigenvalue weighted by Crippen LogP contribution is 2.25. The Morgan fingerprint density at radius 3 is 2.81 bits per heavy atom. The monoisotopic (exact) mass is 293 g/mol. The molecule has 2 rings (SSSR count). The summed E-state index contributed by atoms with van der Waals surface area (Å²) in [5, 5.41) is 9.24. The molecule has 0 aliphatic carbocycles. The molecule has 0 spiro atoms. The van der Waals surface area contributed by atoms with Crippen LogP contribution in [0, 0.1) is 0 Å². The highest BCUT2D eigenvalue weighted by Gasteiger charge is 2.15. The molecule has 1 heterocycles. The number of rotatable bonds is 7. The third-order valence-corrected chi connectivity index (χ3v) is 3.68. The van der Waals surface area contributed by atoms with E-state index in [0.717, 1.165) is 51.3 Å². The van der Waals surface area contributed by atoms with Crippen molar-refractivity contribution in [2.24, 2.45) is 0 Å². The molecular weight excluding hydrogens is 270 g/mol. The van der Waals surface area contributed by atoms with Crippen molar-refractivity contribution in [3.63, 3.8) is 0 Å². The lowest BCUT2D eigenvalue weighted by Gasteiger charge is -2.26. The fourth-order valence-electron chi connectivity index (χ4n) is 2.49. The number of aryl methyl sites for hydroxylation is 1. The summed E-state index contributed by atoms with van der Waals surface area (Å²) in [7, 11) is 0. The van der Waals surface area contributed by atoms with E-state index in [2.05, 4.69) is 4.90 Å². The lowest BCUT2D eigenvalue weighted by Crippen LogP contribution is -2.37. The van der Waals surface area contributed by atoms with Gasteiger partial charge in [-0.3, -0.25) is 4.90 Å². The zero-order chi connectivity index (χ0) is 15.1. The molecule has 1 aromatic carbocycles. The molecule has 5 heteroatoms. The summed E-state index contributed by atoms with van der Waals surface area (Å²) in [6, 6.07) is 5.28. The van der Waals surface area contributed by atoms with Gasteiger partial charge >= 0.3 is 5.97 Å². The summed E-state index contributed by atoms with van der Waals surface area (Å²) in [6.45, 7) is 7.01. The van der Waals surface area contributed by atoms with Gasteiger partial charge in [0.15, 0.2) is 0 Å². The van der Waals surface area contributed by atoms with Gasteiger partial charge in [0.25, 0.3) is 0 Å². The van der Waals surface area contributed by atoms with Gasteiger partial charge in [0.1, 0.15) is 11.3 Å². The maximum absolute atomic E-state index is 11.3. The van der Waals surface area contributed by atoms with Crippen LogP contribution in [0.15, 0.2) is 18.2 Å². The van der Waals surface area contributed by atoms with Crippen molar-refractivity contribution >= 4 is 5.97 Å². The minimum atomic E-state index is -0.937. The number of carboxylic acid groups (broad SMARTS) is 1. The van der Waals surface area contributed by atoms with Crippen molar-refractivity contribution in [2.75, 3.05) is 39.5 Å². The maximum Gasteiger partial charge on any atom is 0.339 e. The summed E-state index contributed by atoms with van der Waals surface area (Å²) in [5.74, 6) is -0.414. The van der Waals surface area contributed by atoms with E-state index in [4.69, 9.17) is 9.47 Å². The molecule has 116 valence electrons. The van der Waals surface area contributed by atoms with Crippen LogP contribution in [0.5, 0.6) is 5.75 Å². The van der Waals surface area contributed by atoms with Crippen LogP contribution < -0.4 is 4.74 Å². The first-order valence-corrected chi connectivity index (χ1v) is 7.50. The van der Waals surface area contributed by atoms with E-state index >= 15 is 0 Å². The summed E-state index contributed by atoms with van der Waals surface area (Å²) >= 11 is 0. The van der Waals surface area contributed by atoms with E-state index in [1.165, 1.54) is 0 Å². The average molecular weight is 293 g/mol. The highest BCUT2D eigenvalue weighted by molar-refractivity contribution is 5.91. The normalized spacial score (nSPS) is 15.9. The van der Waals surface area contributed by atoms with Gasteiger partial charge in [-0.2, -0.15) is 0 Å². The molecule has 0 unspecified atom stereocenters. The molecule has 0 atom stereocenters. The van der Waals surface area contributed by atoms with Crippen molar-refractivity contribution in [1.29, 1.82) is 0 Å². The number of carboxylic acids is 1. The fraction of sp³-hybridized carbons (Fsp3) is 0.562. The van der Waals surface area contributed by atoms with E-state index in [1.54, 1.807) is 12.1 Å². The number of hydrogen-bond acceptors (Lipinski definition) is 4. The number of hydrogen-bond donors (Lipinski definition) is 1. The van der Waals surface area contributed by atoms with Gasteiger partial charge in [-0.15, -0.1) is 0 Å². The molecule has 1 aliphatic heterocycles. The van der Waals surface area contributed by atoms with Gasteiger partial charge in [0.05, 0.1) is 19.8 Å². The summed E-state index contributed by atoms with van der Waals surface area (Å²) in [5.41, 5.74) is 1.20. The molecule has 1 saturated heterocycles. The standard InChI is InChI=1S/C16H23NO4/c1-2-13-5-3-6-14(16(18)19)15(13)21-10-4-7-17-8-11-20-12-9-17/h3,5-6H,2,4,7-12H2,1H3,(H,18,19). The smallest absolute Gasteiger partial charge is 0.339 e. The summed E-state index contributed by atoms with van der Waals surface area (Å²) in [4.78, 5) is 13.6. The Bertz CT molecular complexity index is 469. The zero-order valence-corrected chi connectivity index (χ0v) is 12.5. The second kappa shape index (κ2) is 8.00. The molecule has 1 N–H and O–H groups in total. The van der Waals surface area contributed by atoms with Gasteiger partial charge in [-0.05, 0) is 24.5 Å². The van der Waals surface area contributed by atoms with Crippen LogP contribution in [0.2, 0.25) is 0 Å². The first-order chi connectivity index (χ1) is 10.2. The second-order valence-corrected chi connectivity index (χ2v) is 5.11. The lowest BCUT2D eigenvalue weighted by atomic mass is 10.1. The molecule has 0 bridgehead atoms. The van der Waals surface area contributed by atoms with E-state index in [1.807, 2.05) is 13.0 Å². The average Bonchev–Trinajstić information content (AvgIpc) is 2.52. The van der Waals surface area contributed by atoms with Crippen molar-refractivity contribution < 1.29 is 19.4 Å². The zero-order valence-electron chi connectivity index (χ0n) is 12.5. The lowest BCUT2D eigenvalue weighted by molar-refractivity contribution is 0.0357. The maximum atomic E-state index is 11.3. The molecule has 0 radical (unpaired) electrons. The minimum absolute atomic E-state index is 0.251. The Labute approximate surface area is 125 Å². The third kappa shape index (κ3) is 4.44. The quantitative estimate of drug-likeness (QED) is 0.780. The Morgan fingerprint density at radius 2 is 2.14 bits per heavy atom. The minimum Gasteiger partial charge on any atom is -0.492 e. The molecule has 0 aromatic heterocycles. The summed E-state index contributed by atoms with van der Waals surface area (Å²) in [6.07, 6.45) is 1.65. The molecule has 0 amide bonds. The molecule has 1 aromatic rings. The molecule has 5 nitrogen and oxygen atoms in total. The summed E-state index contributed by atoms with van der Waals surface area (Å²) < 4.78 is 11.1.